The van der Waals surface area contributed by atoms with Gasteiger partial charge in [0.25, 0.3) is 5.91 Å². The fraction of sp³-hybridized carbons (Fsp3) is 0.300. The quantitative estimate of drug-likeness (QED) is 0.775. The maximum absolute atomic E-state index is 12.1. The lowest BCUT2D eigenvalue weighted by molar-refractivity contribution is -0.120. The summed E-state index contributed by atoms with van der Waals surface area (Å²) in [7, 11) is 0. The van der Waals surface area contributed by atoms with E-state index < -0.39 is 5.91 Å². The zero-order valence-electron chi connectivity index (χ0n) is 14.6. The minimum atomic E-state index is -0.531. The van der Waals surface area contributed by atoms with E-state index in [0.717, 1.165) is 12.0 Å². The Morgan fingerprint density at radius 1 is 1.00 bits per heavy atom. The lowest BCUT2D eigenvalue weighted by atomic mass is 10.0. The molecule has 0 saturated carbocycles. The van der Waals surface area contributed by atoms with Crippen LogP contribution in [0.15, 0.2) is 48.5 Å². The van der Waals surface area contributed by atoms with Crippen molar-refractivity contribution in [2.75, 3.05) is 11.9 Å². The predicted molar refractivity (Wildman–Crippen MR) is 98.4 cm³/mol. The van der Waals surface area contributed by atoms with Gasteiger partial charge in [-0.3, -0.25) is 9.59 Å². The molecule has 0 aliphatic carbocycles. The first-order valence-corrected chi connectivity index (χ1v) is 8.31. The van der Waals surface area contributed by atoms with Crippen molar-refractivity contribution in [2.24, 2.45) is 11.7 Å². The van der Waals surface area contributed by atoms with Gasteiger partial charge in [-0.15, -0.1) is 0 Å². The van der Waals surface area contributed by atoms with Crippen molar-refractivity contribution in [1.29, 1.82) is 0 Å². The molecule has 2 aromatic carbocycles. The second-order valence-corrected chi connectivity index (χ2v) is 6.42. The van der Waals surface area contributed by atoms with Crippen molar-refractivity contribution in [3.05, 3.63) is 59.7 Å². The average Bonchev–Trinajstić information content (AvgIpc) is 2.55. The van der Waals surface area contributed by atoms with Crippen LogP contribution >= 0.6 is 0 Å². The average molecular weight is 340 g/mol. The number of ether oxygens (including phenoxy) is 1. The summed E-state index contributed by atoms with van der Waals surface area (Å²) in [4.78, 5) is 22.8. The zero-order chi connectivity index (χ0) is 18.2. The number of nitrogens with two attached hydrogens (primary N) is 1. The molecule has 2 amide bonds. The van der Waals surface area contributed by atoms with Gasteiger partial charge in [-0.2, -0.15) is 0 Å². The molecule has 2 aromatic rings. The highest BCUT2D eigenvalue weighted by Gasteiger charge is 2.06. The van der Waals surface area contributed by atoms with Crippen molar-refractivity contribution in [3.8, 4) is 5.75 Å². The van der Waals surface area contributed by atoms with Crippen LogP contribution in [0.2, 0.25) is 0 Å². The molecule has 0 spiro atoms. The monoisotopic (exact) mass is 340 g/mol. The first kappa shape index (κ1) is 18.5. The number of amides is 2. The summed E-state index contributed by atoms with van der Waals surface area (Å²) < 4.78 is 5.17. The summed E-state index contributed by atoms with van der Waals surface area (Å²) in [6.45, 7) is 4.20. The standard InChI is InChI=1S/C20H24N2O3/c1-14(2)11-15-3-5-16(6-4-15)12-20(24)22-17-7-9-18(10-8-17)25-13-19(21)23/h3-10,14H,11-13H2,1-2H3,(H2,21,23)(H,22,24). The van der Waals surface area contributed by atoms with Crippen LogP contribution in [0, 0.1) is 5.92 Å². The maximum Gasteiger partial charge on any atom is 0.255 e. The van der Waals surface area contributed by atoms with Crippen LogP contribution in [0.1, 0.15) is 25.0 Å². The molecule has 3 N–H and O–H groups in total. The number of nitrogens with one attached hydrogen (secondary N) is 1. The zero-order valence-corrected chi connectivity index (χ0v) is 14.6. The SMILES string of the molecule is CC(C)Cc1ccc(CC(=O)Nc2ccc(OCC(N)=O)cc2)cc1. The fourth-order valence-electron chi connectivity index (χ4n) is 2.44. The van der Waals surface area contributed by atoms with E-state index >= 15 is 0 Å². The van der Waals surface area contributed by atoms with Crippen molar-refractivity contribution in [1.82, 2.24) is 0 Å². The number of hydrogen-bond donors (Lipinski definition) is 2. The van der Waals surface area contributed by atoms with Crippen LogP contribution in [-0.4, -0.2) is 18.4 Å². The third kappa shape index (κ3) is 6.67. The minimum absolute atomic E-state index is 0.0811. The second kappa shape index (κ2) is 8.87. The Hall–Kier alpha value is -2.82. The molecule has 25 heavy (non-hydrogen) atoms. The van der Waals surface area contributed by atoms with Crippen LogP contribution < -0.4 is 15.8 Å². The van der Waals surface area contributed by atoms with Gasteiger partial charge in [-0.1, -0.05) is 38.1 Å². The molecule has 0 atom stereocenters. The number of primary amides is 1. The van der Waals surface area contributed by atoms with E-state index in [1.54, 1.807) is 24.3 Å². The number of benzene rings is 2. The van der Waals surface area contributed by atoms with Crippen molar-refractivity contribution < 1.29 is 14.3 Å². The molecule has 0 heterocycles. The summed E-state index contributed by atoms with van der Waals surface area (Å²) in [6, 6.07) is 15.0. The van der Waals surface area contributed by atoms with E-state index in [0.29, 0.717) is 23.8 Å². The molecular weight excluding hydrogens is 316 g/mol. The highest BCUT2D eigenvalue weighted by Crippen LogP contribution is 2.16. The Morgan fingerprint density at radius 3 is 2.16 bits per heavy atom. The minimum Gasteiger partial charge on any atom is -0.484 e. The van der Waals surface area contributed by atoms with E-state index in [-0.39, 0.29) is 12.5 Å². The number of anilines is 1. The first-order valence-electron chi connectivity index (χ1n) is 8.31. The Balaban J connectivity index is 1.86. The van der Waals surface area contributed by atoms with E-state index in [2.05, 4.69) is 31.3 Å². The van der Waals surface area contributed by atoms with Gasteiger partial charge in [-0.05, 0) is 47.7 Å². The van der Waals surface area contributed by atoms with Crippen molar-refractivity contribution >= 4 is 17.5 Å². The maximum atomic E-state index is 12.1. The molecule has 0 aromatic heterocycles. The number of hydrogen-bond acceptors (Lipinski definition) is 3. The Morgan fingerprint density at radius 2 is 1.60 bits per heavy atom. The summed E-state index contributed by atoms with van der Waals surface area (Å²) in [5, 5.41) is 2.84. The fourth-order valence-corrected chi connectivity index (χ4v) is 2.44. The van der Waals surface area contributed by atoms with Crippen LogP contribution in [0.25, 0.3) is 0 Å². The van der Waals surface area contributed by atoms with Gasteiger partial charge in [0, 0.05) is 5.69 Å². The second-order valence-electron chi connectivity index (χ2n) is 6.42. The largest absolute Gasteiger partial charge is 0.484 e. The van der Waals surface area contributed by atoms with E-state index in [1.165, 1.54) is 5.56 Å². The number of rotatable bonds is 8. The molecule has 5 nitrogen and oxygen atoms in total. The van der Waals surface area contributed by atoms with E-state index in [4.69, 9.17) is 10.5 Å². The molecule has 0 radical (unpaired) electrons. The summed E-state index contributed by atoms with van der Waals surface area (Å²) in [5.74, 6) is 0.529. The molecule has 5 heteroatoms. The van der Waals surface area contributed by atoms with Gasteiger partial charge in [0.05, 0.1) is 6.42 Å². The van der Waals surface area contributed by atoms with Crippen LogP contribution in [0.4, 0.5) is 5.69 Å². The Labute approximate surface area is 148 Å². The number of carbonyl (C=O) groups is 2. The molecule has 0 unspecified atom stereocenters. The summed E-state index contributed by atoms with van der Waals surface area (Å²) >= 11 is 0. The van der Waals surface area contributed by atoms with Gasteiger partial charge < -0.3 is 15.8 Å². The normalized spacial score (nSPS) is 10.5. The molecule has 0 aliphatic rings. The topological polar surface area (TPSA) is 81.4 Å². The Bertz CT molecular complexity index is 707. The molecule has 0 aliphatic heterocycles. The molecule has 0 bridgehead atoms. The molecule has 132 valence electrons. The highest BCUT2D eigenvalue weighted by atomic mass is 16.5. The molecule has 0 saturated heterocycles. The molecule has 0 fully saturated rings. The van der Waals surface area contributed by atoms with Gasteiger partial charge in [0.15, 0.2) is 6.61 Å². The number of carbonyl (C=O) groups excluding carboxylic acids is 2. The van der Waals surface area contributed by atoms with Gasteiger partial charge in [0.1, 0.15) is 5.75 Å². The summed E-state index contributed by atoms with van der Waals surface area (Å²) in [5.41, 5.74) is 7.96. The molecule has 2 rings (SSSR count). The van der Waals surface area contributed by atoms with Crippen LogP contribution in [0.5, 0.6) is 5.75 Å². The van der Waals surface area contributed by atoms with E-state index in [1.807, 2.05) is 12.1 Å². The van der Waals surface area contributed by atoms with Crippen LogP contribution in [-0.2, 0) is 22.4 Å². The first-order chi connectivity index (χ1) is 11.9. The van der Waals surface area contributed by atoms with Gasteiger partial charge in [0.2, 0.25) is 5.91 Å². The highest BCUT2D eigenvalue weighted by molar-refractivity contribution is 5.92. The Kier molecular flexibility index (Phi) is 6.57. The predicted octanol–water partition coefficient (Wildman–Crippen LogP) is 2.93. The van der Waals surface area contributed by atoms with Gasteiger partial charge in [-0.25, -0.2) is 0 Å². The molecular formula is C20H24N2O3. The smallest absolute Gasteiger partial charge is 0.255 e. The van der Waals surface area contributed by atoms with Crippen molar-refractivity contribution in [3.63, 3.8) is 0 Å². The summed E-state index contributed by atoms with van der Waals surface area (Å²) in [6.07, 6.45) is 1.36. The third-order valence-electron chi connectivity index (χ3n) is 3.55. The van der Waals surface area contributed by atoms with Crippen molar-refractivity contribution in [2.45, 2.75) is 26.7 Å². The third-order valence-corrected chi connectivity index (χ3v) is 3.55. The lowest BCUT2D eigenvalue weighted by Gasteiger charge is -2.08. The van der Waals surface area contributed by atoms with Crippen LogP contribution in [0.3, 0.4) is 0 Å². The lowest BCUT2D eigenvalue weighted by Crippen LogP contribution is -2.20. The van der Waals surface area contributed by atoms with Gasteiger partial charge >= 0.3 is 0 Å². The van der Waals surface area contributed by atoms with E-state index in [9.17, 15) is 9.59 Å².